The third-order valence-corrected chi connectivity index (χ3v) is 6.67. The van der Waals surface area contributed by atoms with E-state index in [1.165, 1.54) is 4.90 Å². The highest BCUT2D eigenvalue weighted by Gasteiger charge is 2.31. The van der Waals surface area contributed by atoms with Gasteiger partial charge < -0.3 is 14.6 Å². The zero-order chi connectivity index (χ0) is 28.4. The van der Waals surface area contributed by atoms with E-state index in [1.54, 1.807) is 55.7 Å². The van der Waals surface area contributed by atoms with E-state index in [4.69, 9.17) is 9.26 Å². The van der Waals surface area contributed by atoms with Crippen LogP contribution in [0.5, 0.6) is 5.75 Å². The minimum atomic E-state index is -0.365. The van der Waals surface area contributed by atoms with Gasteiger partial charge in [0.2, 0.25) is 0 Å². The molecule has 39 heavy (non-hydrogen) atoms. The smallest absolute Gasteiger partial charge is 0.327 e. The number of anilines is 3. The normalized spacial score (nSPS) is 16.1. The molecule has 1 atom stereocenters. The molecule has 2 aromatic heterocycles. The van der Waals surface area contributed by atoms with Crippen molar-refractivity contribution < 1.29 is 18.8 Å². The molecule has 3 heterocycles. The van der Waals surface area contributed by atoms with Crippen LogP contribution in [-0.2, 0) is 5.41 Å². The van der Waals surface area contributed by atoms with Crippen LogP contribution in [0, 0.1) is 0 Å². The van der Waals surface area contributed by atoms with Crippen molar-refractivity contribution in [3.63, 3.8) is 0 Å². The standard InChI is InChI=1S/C29H38N6O4/c1-28(2,3)24-16-25(33-39-24)32-27(37)34(7)20-10-8-19(9-11-20)31-26(36)23-13-12-21(17-30-23)38-22-14-15-35(18-22)29(4,5)6/h8-13,16-17,22H,14-15,18H2,1-7H3,(H,31,36)(H,32,33,37). The summed E-state index contributed by atoms with van der Waals surface area (Å²) in [6.45, 7) is 14.5. The van der Waals surface area contributed by atoms with Crippen LogP contribution in [0.3, 0.4) is 0 Å². The number of pyridine rings is 1. The topological polar surface area (TPSA) is 113 Å². The fourth-order valence-electron chi connectivity index (χ4n) is 4.17. The lowest BCUT2D eigenvalue weighted by molar-refractivity contribution is 0.102. The predicted molar refractivity (Wildman–Crippen MR) is 152 cm³/mol. The highest BCUT2D eigenvalue weighted by atomic mass is 16.5. The van der Waals surface area contributed by atoms with Gasteiger partial charge in [-0.1, -0.05) is 25.9 Å². The summed E-state index contributed by atoms with van der Waals surface area (Å²) in [7, 11) is 1.65. The van der Waals surface area contributed by atoms with Crippen molar-refractivity contribution in [1.29, 1.82) is 0 Å². The lowest BCUT2D eigenvalue weighted by Gasteiger charge is -2.31. The number of nitrogens with zero attached hydrogens (tertiary/aromatic N) is 4. The quantitative estimate of drug-likeness (QED) is 0.427. The molecule has 208 valence electrons. The van der Waals surface area contributed by atoms with Gasteiger partial charge in [-0.3, -0.25) is 19.9 Å². The predicted octanol–water partition coefficient (Wildman–Crippen LogP) is 5.54. The van der Waals surface area contributed by atoms with Crippen LogP contribution >= 0.6 is 0 Å². The Balaban J connectivity index is 1.29. The second-order valence-corrected chi connectivity index (χ2v) is 11.8. The number of benzene rings is 1. The zero-order valence-corrected chi connectivity index (χ0v) is 23.7. The maximum absolute atomic E-state index is 12.7. The van der Waals surface area contributed by atoms with Crippen molar-refractivity contribution in [3.05, 3.63) is 60.1 Å². The molecule has 0 bridgehead atoms. The summed E-state index contributed by atoms with van der Waals surface area (Å²) in [5.41, 5.74) is 1.41. The minimum absolute atomic E-state index is 0.112. The number of rotatable bonds is 6. The molecule has 3 aromatic rings. The van der Waals surface area contributed by atoms with E-state index in [0.29, 0.717) is 28.7 Å². The van der Waals surface area contributed by atoms with E-state index in [-0.39, 0.29) is 34.7 Å². The summed E-state index contributed by atoms with van der Waals surface area (Å²) < 4.78 is 11.4. The molecule has 1 aliphatic heterocycles. The summed E-state index contributed by atoms with van der Waals surface area (Å²) >= 11 is 0. The van der Waals surface area contributed by atoms with Crippen molar-refractivity contribution in [2.45, 2.75) is 65.0 Å². The average Bonchev–Trinajstić information content (AvgIpc) is 3.54. The Bertz CT molecular complexity index is 1290. The molecule has 4 rings (SSSR count). The van der Waals surface area contributed by atoms with Crippen molar-refractivity contribution in [2.24, 2.45) is 0 Å². The summed E-state index contributed by atoms with van der Waals surface area (Å²) in [4.78, 5) is 33.5. The molecule has 3 amide bonds. The average molecular weight is 535 g/mol. The van der Waals surface area contributed by atoms with E-state index in [2.05, 4.69) is 46.4 Å². The summed E-state index contributed by atoms with van der Waals surface area (Å²) in [5, 5.41) is 9.48. The lowest BCUT2D eigenvalue weighted by atomic mass is 9.93. The van der Waals surface area contributed by atoms with Crippen molar-refractivity contribution >= 4 is 29.1 Å². The molecule has 1 saturated heterocycles. The van der Waals surface area contributed by atoms with Crippen molar-refractivity contribution in [2.75, 3.05) is 35.7 Å². The largest absolute Gasteiger partial charge is 0.487 e. The number of hydrogen-bond donors (Lipinski definition) is 2. The number of likely N-dealkylation sites (tertiary alicyclic amines) is 1. The van der Waals surface area contributed by atoms with Crippen LogP contribution in [0.1, 0.15) is 64.2 Å². The first-order valence-electron chi connectivity index (χ1n) is 13.1. The van der Waals surface area contributed by atoms with Crippen LogP contribution in [-0.4, -0.2) is 58.8 Å². The maximum Gasteiger partial charge on any atom is 0.327 e. The van der Waals surface area contributed by atoms with Gasteiger partial charge in [-0.2, -0.15) is 0 Å². The first kappa shape index (κ1) is 28.1. The molecule has 0 radical (unpaired) electrons. The fraction of sp³-hybridized carbons (Fsp3) is 0.448. The van der Waals surface area contributed by atoms with Gasteiger partial charge in [0.15, 0.2) is 5.82 Å². The van der Waals surface area contributed by atoms with Gasteiger partial charge in [-0.05, 0) is 63.6 Å². The Labute approximate surface area is 229 Å². The van der Waals surface area contributed by atoms with Gasteiger partial charge in [0.25, 0.3) is 5.91 Å². The molecule has 0 spiro atoms. The van der Waals surface area contributed by atoms with Crippen LogP contribution in [0.2, 0.25) is 0 Å². The minimum Gasteiger partial charge on any atom is -0.487 e. The van der Waals surface area contributed by atoms with Crippen LogP contribution < -0.4 is 20.3 Å². The number of carbonyl (C=O) groups is 2. The van der Waals surface area contributed by atoms with Crippen molar-refractivity contribution in [3.8, 4) is 5.75 Å². The summed E-state index contributed by atoms with van der Waals surface area (Å²) in [6.07, 6.45) is 2.66. The maximum atomic E-state index is 12.7. The number of hydrogen-bond acceptors (Lipinski definition) is 7. The molecule has 2 N–H and O–H groups in total. The molecule has 10 heteroatoms. The first-order chi connectivity index (χ1) is 18.3. The Morgan fingerprint density at radius 2 is 1.77 bits per heavy atom. The second kappa shape index (κ2) is 11.1. The number of carbonyl (C=O) groups excluding carboxylic acids is 2. The first-order valence-corrected chi connectivity index (χ1v) is 13.1. The van der Waals surface area contributed by atoms with Gasteiger partial charge in [0.05, 0.1) is 6.20 Å². The van der Waals surface area contributed by atoms with E-state index in [9.17, 15) is 9.59 Å². The van der Waals surface area contributed by atoms with Gasteiger partial charge in [-0.15, -0.1) is 0 Å². The number of ether oxygens (including phenoxy) is 1. The number of urea groups is 1. The molecular formula is C29H38N6O4. The van der Waals surface area contributed by atoms with Gasteiger partial charge >= 0.3 is 6.03 Å². The molecule has 0 aliphatic carbocycles. The van der Waals surface area contributed by atoms with E-state index < -0.39 is 0 Å². The number of aromatic nitrogens is 2. The zero-order valence-electron chi connectivity index (χ0n) is 23.7. The van der Waals surface area contributed by atoms with E-state index in [1.807, 2.05) is 20.8 Å². The van der Waals surface area contributed by atoms with Gasteiger partial charge in [-0.25, -0.2) is 9.78 Å². The molecular weight excluding hydrogens is 496 g/mol. The Morgan fingerprint density at radius 1 is 1.05 bits per heavy atom. The van der Waals surface area contributed by atoms with Crippen LogP contribution in [0.15, 0.2) is 53.2 Å². The number of amides is 3. The Hall–Kier alpha value is -3.92. The van der Waals surface area contributed by atoms with Gasteiger partial charge in [0.1, 0.15) is 23.3 Å². The highest BCUT2D eigenvalue weighted by molar-refractivity contribution is 6.03. The lowest BCUT2D eigenvalue weighted by Crippen LogP contribution is -2.40. The SMILES string of the molecule is CN(C(=O)Nc1cc(C(C)(C)C)on1)c1ccc(NC(=O)c2ccc(OC3CCN(C(C)(C)C)C3)cn2)cc1. The van der Waals surface area contributed by atoms with Crippen molar-refractivity contribution in [1.82, 2.24) is 15.0 Å². The highest BCUT2D eigenvalue weighted by Crippen LogP contribution is 2.26. The molecule has 1 unspecified atom stereocenters. The van der Waals surface area contributed by atoms with Gasteiger partial charge in [0, 0.05) is 48.5 Å². The second-order valence-electron chi connectivity index (χ2n) is 11.8. The third kappa shape index (κ3) is 7.14. The molecule has 1 aromatic carbocycles. The Morgan fingerprint density at radius 3 is 2.33 bits per heavy atom. The molecule has 0 saturated carbocycles. The molecule has 1 fully saturated rings. The third-order valence-electron chi connectivity index (χ3n) is 6.67. The summed E-state index contributed by atoms with van der Waals surface area (Å²) in [5.74, 6) is 1.34. The van der Waals surface area contributed by atoms with E-state index in [0.717, 1.165) is 19.5 Å². The van der Waals surface area contributed by atoms with Crippen LogP contribution in [0.25, 0.3) is 0 Å². The van der Waals surface area contributed by atoms with Crippen LogP contribution in [0.4, 0.5) is 22.0 Å². The van der Waals surface area contributed by atoms with E-state index >= 15 is 0 Å². The monoisotopic (exact) mass is 534 g/mol. The number of nitrogens with one attached hydrogen (secondary N) is 2. The molecule has 10 nitrogen and oxygen atoms in total. The fourth-order valence-corrected chi connectivity index (χ4v) is 4.17. The molecule has 1 aliphatic rings. The summed E-state index contributed by atoms with van der Waals surface area (Å²) in [6, 6.07) is 11.7. The Kier molecular flexibility index (Phi) is 7.96.